The molecular weight excluding hydrogens is 344 g/mol. The van der Waals surface area contributed by atoms with E-state index < -0.39 is 24.1 Å². The summed E-state index contributed by atoms with van der Waals surface area (Å²) in [5.41, 5.74) is 3.13. The van der Waals surface area contributed by atoms with Crippen LogP contribution >= 0.6 is 0 Å². The van der Waals surface area contributed by atoms with Crippen molar-refractivity contribution >= 4 is 11.9 Å². The van der Waals surface area contributed by atoms with E-state index >= 15 is 0 Å². The number of ether oxygens (including phenoxy) is 3. The van der Waals surface area contributed by atoms with E-state index in [0.717, 1.165) is 11.1 Å². The van der Waals surface area contributed by atoms with E-state index in [9.17, 15) is 9.59 Å². The van der Waals surface area contributed by atoms with Gasteiger partial charge in [-0.2, -0.15) is 0 Å². The molecule has 1 saturated heterocycles. The number of rotatable bonds is 5. The highest BCUT2D eigenvalue weighted by Crippen LogP contribution is 2.25. The number of carbonyl (C=O) groups excluding carboxylic acids is 2. The van der Waals surface area contributed by atoms with Gasteiger partial charge in [-0.3, -0.25) is 0 Å². The zero-order chi connectivity index (χ0) is 19.4. The standard InChI is InChI=1S/C22H24O5/c1-14-4-8-17(9-5-14)21(23)25-13-20-19(12-16(3)26-20)27-22(24)18-10-6-15(2)7-11-18/h4-11,16,19-20H,12-13H2,1-3H3/t16-,19+,20-/m1/s1. The molecule has 5 heteroatoms. The Balaban J connectivity index is 1.58. The maximum Gasteiger partial charge on any atom is 0.338 e. The Morgan fingerprint density at radius 3 is 2.00 bits per heavy atom. The van der Waals surface area contributed by atoms with Gasteiger partial charge in [-0.15, -0.1) is 0 Å². The predicted octanol–water partition coefficient (Wildman–Crippen LogP) is 3.86. The number of esters is 2. The van der Waals surface area contributed by atoms with Crippen LogP contribution in [0.25, 0.3) is 0 Å². The lowest BCUT2D eigenvalue weighted by Gasteiger charge is -2.19. The number of aryl methyl sites for hydroxylation is 2. The third-order valence-corrected chi connectivity index (χ3v) is 4.60. The summed E-state index contributed by atoms with van der Waals surface area (Å²) in [6, 6.07) is 14.4. The molecule has 0 spiro atoms. The first-order chi connectivity index (χ1) is 12.9. The van der Waals surface area contributed by atoms with Crippen LogP contribution in [0.5, 0.6) is 0 Å². The number of benzene rings is 2. The highest BCUT2D eigenvalue weighted by molar-refractivity contribution is 5.90. The molecule has 0 aromatic heterocycles. The molecule has 142 valence electrons. The predicted molar refractivity (Wildman–Crippen MR) is 101 cm³/mol. The van der Waals surface area contributed by atoms with E-state index in [1.165, 1.54) is 0 Å². The van der Waals surface area contributed by atoms with Gasteiger partial charge in [0.15, 0.2) is 0 Å². The summed E-state index contributed by atoms with van der Waals surface area (Å²) in [7, 11) is 0. The highest BCUT2D eigenvalue weighted by atomic mass is 16.6. The minimum Gasteiger partial charge on any atom is -0.459 e. The first-order valence-electron chi connectivity index (χ1n) is 9.09. The van der Waals surface area contributed by atoms with Crippen LogP contribution in [-0.4, -0.2) is 36.9 Å². The fourth-order valence-electron chi connectivity index (χ4n) is 3.02. The van der Waals surface area contributed by atoms with Crippen molar-refractivity contribution in [3.05, 3.63) is 70.8 Å². The second kappa shape index (κ2) is 8.35. The lowest BCUT2D eigenvalue weighted by atomic mass is 10.1. The van der Waals surface area contributed by atoms with Gasteiger partial charge in [-0.1, -0.05) is 35.4 Å². The minimum absolute atomic E-state index is 0.0445. The van der Waals surface area contributed by atoms with Crippen LogP contribution < -0.4 is 0 Å². The van der Waals surface area contributed by atoms with Gasteiger partial charge in [0.1, 0.15) is 18.8 Å². The SMILES string of the molecule is Cc1ccc(C(=O)OC[C@H]2O[C@H](C)C[C@@H]2OC(=O)c2ccc(C)cc2)cc1. The summed E-state index contributed by atoms with van der Waals surface area (Å²) >= 11 is 0. The molecule has 0 bridgehead atoms. The Kier molecular flexibility index (Phi) is 5.91. The zero-order valence-electron chi connectivity index (χ0n) is 15.8. The molecule has 0 N–H and O–H groups in total. The van der Waals surface area contributed by atoms with Gasteiger partial charge in [0.2, 0.25) is 0 Å². The van der Waals surface area contributed by atoms with Crippen molar-refractivity contribution in [3.63, 3.8) is 0 Å². The summed E-state index contributed by atoms with van der Waals surface area (Å²) in [6.45, 7) is 5.87. The van der Waals surface area contributed by atoms with Crippen molar-refractivity contribution in [3.8, 4) is 0 Å². The number of carbonyl (C=O) groups is 2. The maximum atomic E-state index is 12.4. The Labute approximate surface area is 159 Å². The van der Waals surface area contributed by atoms with Crippen LogP contribution in [0, 0.1) is 13.8 Å². The lowest BCUT2D eigenvalue weighted by Crippen LogP contribution is -2.32. The Morgan fingerprint density at radius 1 is 0.926 bits per heavy atom. The summed E-state index contributed by atoms with van der Waals surface area (Å²) < 4.78 is 16.8. The molecule has 1 aliphatic rings. The van der Waals surface area contributed by atoms with E-state index in [1.807, 2.05) is 45.0 Å². The number of hydrogen-bond acceptors (Lipinski definition) is 5. The van der Waals surface area contributed by atoms with Gasteiger partial charge < -0.3 is 14.2 Å². The van der Waals surface area contributed by atoms with E-state index in [2.05, 4.69) is 0 Å². The average molecular weight is 368 g/mol. The Hall–Kier alpha value is -2.66. The quantitative estimate of drug-likeness (QED) is 0.750. The average Bonchev–Trinajstić information content (AvgIpc) is 3.00. The molecule has 5 nitrogen and oxygen atoms in total. The van der Waals surface area contributed by atoms with E-state index in [1.54, 1.807) is 24.3 Å². The monoisotopic (exact) mass is 368 g/mol. The normalized spacial score (nSPS) is 21.7. The van der Waals surface area contributed by atoms with Gasteiger partial charge in [-0.25, -0.2) is 9.59 Å². The van der Waals surface area contributed by atoms with Crippen molar-refractivity contribution in [2.45, 2.75) is 45.5 Å². The molecule has 0 unspecified atom stereocenters. The molecule has 1 fully saturated rings. The first kappa shape index (κ1) is 19.1. The number of hydrogen-bond donors (Lipinski definition) is 0. The third-order valence-electron chi connectivity index (χ3n) is 4.60. The summed E-state index contributed by atoms with van der Waals surface area (Å²) in [5, 5.41) is 0. The molecule has 27 heavy (non-hydrogen) atoms. The summed E-state index contributed by atoms with van der Waals surface area (Å²) in [6.07, 6.45) is -0.406. The van der Waals surface area contributed by atoms with Crippen LogP contribution in [0.1, 0.15) is 45.2 Å². The van der Waals surface area contributed by atoms with Crippen LogP contribution in [0.15, 0.2) is 48.5 Å². The van der Waals surface area contributed by atoms with Crippen LogP contribution in [0.2, 0.25) is 0 Å². The van der Waals surface area contributed by atoms with Gasteiger partial charge in [-0.05, 0) is 45.0 Å². The second-order valence-electron chi connectivity index (χ2n) is 7.00. The van der Waals surface area contributed by atoms with E-state index in [0.29, 0.717) is 17.5 Å². The molecule has 3 atom stereocenters. The van der Waals surface area contributed by atoms with Crippen LogP contribution in [0.3, 0.4) is 0 Å². The van der Waals surface area contributed by atoms with Crippen molar-refractivity contribution < 1.29 is 23.8 Å². The molecular formula is C22H24O5. The second-order valence-corrected chi connectivity index (χ2v) is 7.00. The van der Waals surface area contributed by atoms with Crippen LogP contribution in [0.4, 0.5) is 0 Å². The fraction of sp³-hybridized carbons (Fsp3) is 0.364. The molecule has 0 radical (unpaired) electrons. The van der Waals surface area contributed by atoms with Crippen molar-refractivity contribution in [2.75, 3.05) is 6.61 Å². The third kappa shape index (κ3) is 4.95. The first-order valence-corrected chi connectivity index (χ1v) is 9.09. The maximum absolute atomic E-state index is 12.4. The smallest absolute Gasteiger partial charge is 0.338 e. The van der Waals surface area contributed by atoms with Gasteiger partial charge in [0.05, 0.1) is 17.2 Å². The van der Waals surface area contributed by atoms with Crippen LogP contribution in [-0.2, 0) is 14.2 Å². The van der Waals surface area contributed by atoms with Gasteiger partial charge in [0, 0.05) is 6.42 Å². The van der Waals surface area contributed by atoms with E-state index in [4.69, 9.17) is 14.2 Å². The topological polar surface area (TPSA) is 61.8 Å². The molecule has 2 aromatic carbocycles. The molecule has 0 amide bonds. The molecule has 0 saturated carbocycles. The van der Waals surface area contributed by atoms with Gasteiger partial charge >= 0.3 is 11.9 Å². The Morgan fingerprint density at radius 2 is 1.44 bits per heavy atom. The van der Waals surface area contributed by atoms with Crippen molar-refractivity contribution in [1.29, 1.82) is 0 Å². The zero-order valence-corrected chi connectivity index (χ0v) is 15.8. The minimum atomic E-state index is -0.469. The van der Waals surface area contributed by atoms with Crippen molar-refractivity contribution in [2.24, 2.45) is 0 Å². The highest BCUT2D eigenvalue weighted by Gasteiger charge is 2.37. The van der Waals surface area contributed by atoms with Gasteiger partial charge in [0.25, 0.3) is 0 Å². The molecule has 2 aromatic rings. The summed E-state index contributed by atoms with van der Waals surface area (Å²) in [4.78, 5) is 24.6. The molecule has 3 rings (SSSR count). The largest absolute Gasteiger partial charge is 0.459 e. The summed E-state index contributed by atoms with van der Waals surface area (Å²) in [5.74, 6) is -0.811. The molecule has 1 heterocycles. The van der Waals surface area contributed by atoms with Crippen molar-refractivity contribution in [1.82, 2.24) is 0 Å². The Bertz CT molecular complexity index is 794. The van der Waals surface area contributed by atoms with E-state index in [-0.39, 0.29) is 12.7 Å². The lowest BCUT2D eigenvalue weighted by molar-refractivity contribution is -0.0394. The molecule has 0 aliphatic carbocycles. The molecule has 1 aliphatic heterocycles. The fourth-order valence-corrected chi connectivity index (χ4v) is 3.02.